The lowest BCUT2D eigenvalue weighted by Crippen LogP contribution is -2.34. The monoisotopic (exact) mass is 296 g/mol. The second kappa shape index (κ2) is 5.60. The molecule has 1 aromatic carbocycles. The first-order valence-corrected chi connectivity index (χ1v) is 6.54. The normalized spacial score (nSPS) is 17.2. The molecule has 0 aliphatic carbocycles. The maximum absolute atomic E-state index is 11.8. The molecule has 1 amide bonds. The first-order chi connectivity index (χ1) is 9.08. The average molecular weight is 296 g/mol. The van der Waals surface area contributed by atoms with Crippen LogP contribution in [0.3, 0.4) is 0 Å². The molecule has 1 aliphatic rings. The van der Waals surface area contributed by atoms with Crippen LogP contribution in [-0.4, -0.2) is 29.5 Å². The van der Waals surface area contributed by atoms with Crippen molar-refractivity contribution in [1.82, 2.24) is 5.01 Å². The quantitative estimate of drug-likeness (QED) is 0.397. The number of thioether (sulfide) groups is 1. The number of hydrogen-bond acceptors (Lipinski definition) is 6. The van der Waals surface area contributed by atoms with Gasteiger partial charge in [0, 0.05) is 5.56 Å². The summed E-state index contributed by atoms with van der Waals surface area (Å²) in [6.07, 6.45) is 1.69. The zero-order valence-electron chi connectivity index (χ0n) is 10.4. The number of amides is 1. The second-order valence-electron chi connectivity index (χ2n) is 3.63. The van der Waals surface area contributed by atoms with Gasteiger partial charge in [-0.1, -0.05) is 36.1 Å². The molecule has 0 aromatic heterocycles. The summed E-state index contributed by atoms with van der Waals surface area (Å²) in [5.41, 5.74) is 0.732. The highest BCUT2D eigenvalue weighted by Crippen LogP contribution is 2.36. The molecule has 2 rings (SSSR count). The summed E-state index contributed by atoms with van der Waals surface area (Å²) >= 11 is 6.13. The number of carbonyl (C=O) groups is 1. The van der Waals surface area contributed by atoms with E-state index in [0.717, 1.165) is 22.3 Å². The van der Waals surface area contributed by atoms with E-state index >= 15 is 0 Å². The highest BCUT2D eigenvalue weighted by atomic mass is 32.2. The molecule has 5 nitrogen and oxygen atoms in total. The Bertz CT molecular complexity index is 572. The summed E-state index contributed by atoms with van der Waals surface area (Å²) in [5.74, 6) is 6.36. The maximum atomic E-state index is 11.8. The number of ether oxygens (including phenoxy) is 2. The van der Waals surface area contributed by atoms with Gasteiger partial charge in [-0.3, -0.25) is 4.79 Å². The molecule has 2 N–H and O–H groups in total. The van der Waals surface area contributed by atoms with Gasteiger partial charge in [0.1, 0.15) is 0 Å². The number of methoxy groups -OCH3 is 2. The molecule has 0 radical (unpaired) electrons. The fraction of sp³-hybridized carbons (Fsp3) is 0.167. The van der Waals surface area contributed by atoms with Crippen molar-refractivity contribution in [3.8, 4) is 11.5 Å². The van der Waals surface area contributed by atoms with Crippen molar-refractivity contribution in [1.29, 1.82) is 0 Å². The summed E-state index contributed by atoms with van der Waals surface area (Å²) in [7, 11) is 3.10. The van der Waals surface area contributed by atoms with Gasteiger partial charge in [-0.05, 0) is 12.1 Å². The van der Waals surface area contributed by atoms with Crippen molar-refractivity contribution in [2.45, 2.75) is 0 Å². The number of benzene rings is 1. The second-order valence-corrected chi connectivity index (χ2v) is 5.31. The highest BCUT2D eigenvalue weighted by molar-refractivity contribution is 8.26. The Morgan fingerprint density at radius 3 is 2.63 bits per heavy atom. The van der Waals surface area contributed by atoms with Crippen LogP contribution in [0.1, 0.15) is 5.56 Å². The molecule has 100 valence electrons. The lowest BCUT2D eigenvalue weighted by molar-refractivity contribution is -0.122. The van der Waals surface area contributed by atoms with Crippen LogP contribution in [0.25, 0.3) is 6.08 Å². The molecule has 7 heteroatoms. The number of para-hydroxylation sites is 1. The molecule has 0 spiro atoms. The fourth-order valence-corrected chi connectivity index (χ4v) is 2.74. The predicted octanol–water partition coefficient (Wildman–Crippen LogP) is 1.78. The summed E-state index contributed by atoms with van der Waals surface area (Å²) in [6.45, 7) is 0. The SMILES string of the molecule is COc1cccc(/C=C2\SC(=S)N(N)C2=O)c1OC. The minimum absolute atomic E-state index is 0.320. The van der Waals surface area contributed by atoms with Crippen molar-refractivity contribution in [3.63, 3.8) is 0 Å². The Hall–Kier alpha value is -1.57. The number of nitrogens with two attached hydrogens (primary N) is 1. The Kier molecular flexibility index (Phi) is 4.08. The van der Waals surface area contributed by atoms with Crippen LogP contribution in [0, 0.1) is 0 Å². The topological polar surface area (TPSA) is 64.8 Å². The average Bonchev–Trinajstić information content (AvgIpc) is 2.66. The highest BCUT2D eigenvalue weighted by Gasteiger charge is 2.30. The van der Waals surface area contributed by atoms with Crippen LogP contribution in [-0.2, 0) is 4.79 Å². The molecule has 19 heavy (non-hydrogen) atoms. The van der Waals surface area contributed by atoms with E-state index in [1.54, 1.807) is 26.4 Å². The molecule has 1 fully saturated rings. The Morgan fingerprint density at radius 1 is 1.37 bits per heavy atom. The van der Waals surface area contributed by atoms with Gasteiger partial charge in [-0.15, -0.1) is 0 Å². The van der Waals surface area contributed by atoms with Crippen molar-refractivity contribution in [3.05, 3.63) is 28.7 Å². The molecule has 1 saturated heterocycles. The van der Waals surface area contributed by atoms with Crippen LogP contribution in [0.4, 0.5) is 0 Å². The standard InChI is InChI=1S/C12H12N2O3S2/c1-16-8-5-3-4-7(10(8)17-2)6-9-11(15)14(13)12(18)19-9/h3-6H,13H2,1-2H3/b9-6-. The van der Waals surface area contributed by atoms with Gasteiger partial charge in [0.05, 0.1) is 19.1 Å². The van der Waals surface area contributed by atoms with Crippen molar-refractivity contribution in [2.75, 3.05) is 14.2 Å². The van der Waals surface area contributed by atoms with E-state index < -0.39 is 0 Å². The van der Waals surface area contributed by atoms with E-state index in [4.69, 9.17) is 27.5 Å². The summed E-state index contributed by atoms with van der Waals surface area (Å²) in [4.78, 5) is 12.3. The van der Waals surface area contributed by atoms with E-state index in [-0.39, 0.29) is 5.91 Å². The van der Waals surface area contributed by atoms with E-state index in [9.17, 15) is 4.79 Å². The molecule has 0 atom stereocenters. The van der Waals surface area contributed by atoms with E-state index in [1.165, 1.54) is 0 Å². The number of carbonyl (C=O) groups excluding carboxylic acids is 1. The minimum Gasteiger partial charge on any atom is -0.493 e. The summed E-state index contributed by atoms with van der Waals surface area (Å²) in [5, 5.41) is 0.957. The van der Waals surface area contributed by atoms with Crippen LogP contribution in [0.15, 0.2) is 23.1 Å². The van der Waals surface area contributed by atoms with Crippen molar-refractivity contribution < 1.29 is 14.3 Å². The number of nitrogens with zero attached hydrogens (tertiary/aromatic N) is 1. The Labute approximate surface area is 120 Å². The van der Waals surface area contributed by atoms with Gasteiger partial charge in [-0.2, -0.15) is 0 Å². The maximum Gasteiger partial charge on any atom is 0.280 e. The van der Waals surface area contributed by atoms with Crippen LogP contribution < -0.4 is 15.3 Å². The lowest BCUT2D eigenvalue weighted by Gasteiger charge is -2.10. The molecule has 0 bridgehead atoms. The zero-order valence-corrected chi connectivity index (χ0v) is 12.0. The lowest BCUT2D eigenvalue weighted by atomic mass is 10.1. The minimum atomic E-state index is -0.320. The van der Waals surface area contributed by atoms with E-state index in [2.05, 4.69) is 0 Å². The number of hydrazine groups is 1. The van der Waals surface area contributed by atoms with Crippen LogP contribution >= 0.6 is 24.0 Å². The molecule has 0 saturated carbocycles. The third-order valence-corrected chi connectivity index (χ3v) is 3.87. The van der Waals surface area contributed by atoms with Gasteiger partial charge in [0.2, 0.25) is 0 Å². The van der Waals surface area contributed by atoms with Crippen molar-refractivity contribution in [2.24, 2.45) is 5.84 Å². The smallest absolute Gasteiger partial charge is 0.280 e. The largest absolute Gasteiger partial charge is 0.493 e. The third-order valence-electron chi connectivity index (χ3n) is 2.54. The van der Waals surface area contributed by atoms with Crippen LogP contribution in [0.5, 0.6) is 11.5 Å². The Morgan fingerprint density at radius 2 is 2.11 bits per heavy atom. The van der Waals surface area contributed by atoms with Gasteiger partial charge < -0.3 is 9.47 Å². The molecule has 0 unspecified atom stereocenters. The first kappa shape index (κ1) is 13.9. The van der Waals surface area contributed by atoms with Crippen LogP contribution in [0.2, 0.25) is 0 Å². The molecule has 1 aliphatic heterocycles. The van der Waals surface area contributed by atoms with Crippen molar-refractivity contribution >= 4 is 40.3 Å². The molecule has 1 aromatic rings. The molecular weight excluding hydrogens is 284 g/mol. The third kappa shape index (κ3) is 2.58. The first-order valence-electron chi connectivity index (χ1n) is 5.32. The molecule has 1 heterocycles. The number of hydrogen-bond donors (Lipinski definition) is 1. The fourth-order valence-electron chi connectivity index (χ4n) is 1.65. The van der Waals surface area contributed by atoms with Gasteiger partial charge in [-0.25, -0.2) is 10.9 Å². The van der Waals surface area contributed by atoms with Gasteiger partial charge >= 0.3 is 0 Å². The van der Waals surface area contributed by atoms with E-state index in [1.807, 2.05) is 12.1 Å². The molecular formula is C12H12N2O3S2. The number of thiocarbonyl (C=S) groups is 1. The number of rotatable bonds is 3. The summed E-state index contributed by atoms with van der Waals surface area (Å²) in [6, 6.07) is 5.42. The predicted molar refractivity (Wildman–Crippen MR) is 78.7 cm³/mol. The Balaban J connectivity index is 2.44. The summed E-state index contributed by atoms with van der Waals surface area (Å²) < 4.78 is 10.8. The van der Waals surface area contributed by atoms with Gasteiger partial charge in [0.25, 0.3) is 5.91 Å². The van der Waals surface area contributed by atoms with Gasteiger partial charge in [0.15, 0.2) is 15.8 Å². The van der Waals surface area contributed by atoms with E-state index in [0.29, 0.717) is 20.7 Å². The zero-order chi connectivity index (χ0) is 14.0.